The fourth-order valence-corrected chi connectivity index (χ4v) is 4.01. The van der Waals surface area contributed by atoms with Gasteiger partial charge in [-0.05, 0) is 18.6 Å². The van der Waals surface area contributed by atoms with Crippen LogP contribution in [-0.2, 0) is 4.79 Å². The van der Waals surface area contributed by atoms with E-state index in [9.17, 15) is 4.79 Å². The highest BCUT2D eigenvalue weighted by Gasteiger charge is 2.34. The van der Waals surface area contributed by atoms with E-state index in [1.54, 1.807) is 29.2 Å². The van der Waals surface area contributed by atoms with Crippen molar-refractivity contribution < 1.29 is 4.79 Å². The number of hydrazone groups is 1. The Balaban J connectivity index is 1.76. The molecule has 0 saturated heterocycles. The Kier molecular flexibility index (Phi) is 5.20. The second-order valence-electron chi connectivity index (χ2n) is 6.41. The third-order valence-electron chi connectivity index (χ3n) is 4.48. The Hall–Kier alpha value is -2.67. The van der Waals surface area contributed by atoms with Gasteiger partial charge in [-0.2, -0.15) is 0 Å². The molecule has 0 radical (unpaired) electrons. The Labute approximate surface area is 162 Å². The van der Waals surface area contributed by atoms with Crippen molar-refractivity contribution in [2.75, 3.05) is 5.75 Å². The summed E-state index contributed by atoms with van der Waals surface area (Å²) >= 11 is 1.58. The van der Waals surface area contributed by atoms with Gasteiger partial charge in [-0.25, -0.2) is 5.01 Å². The van der Waals surface area contributed by atoms with Crippen LogP contribution in [0.4, 0.5) is 0 Å². The van der Waals surface area contributed by atoms with Gasteiger partial charge < -0.3 is 0 Å². The van der Waals surface area contributed by atoms with Crippen molar-refractivity contribution in [3.63, 3.8) is 0 Å². The highest BCUT2D eigenvalue weighted by molar-refractivity contribution is 8.13. The van der Waals surface area contributed by atoms with Gasteiger partial charge in [0.1, 0.15) is 5.70 Å². The number of carbonyl (C=O) groups excluding carboxylic acids is 1. The van der Waals surface area contributed by atoms with Gasteiger partial charge in [0.2, 0.25) is 0 Å². The average molecular weight is 379 g/mol. The van der Waals surface area contributed by atoms with Crippen LogP contribution in [0.25, 0.3) is 5.70 Å². The van der Waals surface area contributed by atoms with E-state index in [4.69, 9.17) is 10.1 Å². The van der Waals surface area contributed by atoms with Gasteiger partial charge in [-0.3, -0.25) is 20.1 Å². The quantitative estimate of drug-likeness (QED) is 0.808. The molecule has 0 fully saturated rings. The molecule has 0 aliphatic carbocycles. The monoisotopic (exact) mass is 379 g/mol. The van der Waals surface area contributed by atoms with Gasteiger partial charge in [0, 0.05) is 28.9 Å². The summed E-state index contributed by atoms with van der Waals surface area (Å²) in [7, 11) is 0. The summed E-state index contributed by atoms with van der Waals surface area (Å²) in [5.41, 5.74) is 1.44. The molecule has 6 nitrogen and oxygen atoms in total. The molecule has 2 aliphatic heterocycles. The van der Waals surface area contributed by atoms with Crippen molar-refractivity contribution >= 4 is 28.5 Å². The first-order chi connectivity index (χ1) is 13.3. The van der Waals surface area contributed by atoms with Crippen LogP contribution in [0.2, 0.25) is 0 Å². The summed E-state index contributed by atoms with van der Waals surface area (Å²) in [6.07, 6.45) is 6.55. The maximum Gasteiger partial charge on any atom is 0.276 e. The molecule has 7 heteroatoms. The lowest BCUT2D eigenvalue weighted by atomic mass is 10.1. The number of carbonyl (C=O) groups is 1. The second kappa shape index (κ2) is 7.92. The highest BCUT2D eigenvalue weighted by atomic mass is 32.2. The highest BCUT2D eigenvalue weighted by Crippen LogP contribution is 2.30. The van der Waals surface area contributed by atoms with Crippen LogP contribution in [0.15, 0.2) is 58.9 Å². The number of amidine groups is 1. The molecule has 1 atom stereocenters. The number of nitrogens with one attached hydrogen (secondary N) is 1. The Morgan fingerprint density at radius 3 is 2.89 bits per heavy atom. The summed E-state index contributed by atoms with van der Waals surface area (Å²) in [5.74, 6) is 0.792. The molecule has 2 aromatic rings. The number of nitrogens with zero attached hydrogens (tertiary/aromatic N) is 4. The van der Waals surface area contributed by atoms with E-state index in [0.717, 1.165) is 28.3 Å². The number of hydrogen-bond donors (Lipinski definition) is 1. The molecule has 27 heavy (non-hydrogen) atoms. The van der Waals surface area contributed by atoms with Gasteiger partial charge in [-0.1, -0.05) is 55.8 Å². The molecule has 0 unspecified atom stereocenters. The van der Waals surface area contributed by atoms with Crippen molar-refractivity contribution in [3.05, 3.63) is 64.9 Å². The van der Waals surface area contributed by atoms with Gasteiger partial charge >= 0.3 is 0 Å². The number of aromatic nitrogens is 1. The third-order valence-corrected chi connectivity index (χ3v) is 5.43. The lowest BCUT2D eigenvalue weighted by Crippen LogP contribution is -2.50. The molecule has 1 aromatic carbocycles. The first-order valence-corrected chi connectivity index (χ1v) is 10.2. The lowest BCUT2D eigenvalue weighted by Gasteiger charge is -2.33. The van der Waals surface area contributed by atoms with Gasteiger partial charge in [0.25, 0.3) is 5.91 Å². The minimum absolute atomic E-state index is 0.140. The van der Waals surface area contributed by atoms with Crippen LogP contribution in [0.5, 0.6) is 0 Å². The van der Waals surface area contributed by atoms with Crippen LogP contribution >= 0.6 is 11.8 Å². The van der Waals surface area contributed by atoms with Crippen LogP contribution in [0, 0.1) is 0 Å². The van der Waals surface area contributed by atoms with Crippen LogP contribution in [-0.4, -0.2) is 26.8 Å². The number of fused-ring (bicyclic) bond motifs is 2. The van der Waals surface area contributed by atoms with E-state index >= 15 is 0 Å². The number of thioether (sulfide) groups is 1. The number of para-hydroxylation sites is 1. The molecule has 3 heterocycles. The molecular weight excluding hydrogens is 358 g/mol. The standard InChI is InChI=1S/C20H21N5OS/c1-2-3-6-12-27-20-23-19(26)17-15-9-4-5-10-16(15)22-18(25(17)24-20)14-8-7-11-21-13-14/h4-5,7-11,13,18H,2-3,6,12H2,1H3,(H,23,24,26)/t18-/m1/s1. The van der Waals surface area contributed by atoms with Crippen molar-refractivity contribution in [2.24, 2.45) is 10.1 Å². The first-order valence-electron chi connectivity index (χ1n) is 9.17. The van der Waals surface area contributed by atoms with Crippen molar-refractivity contribution in [1.82, 2.24) is 15.3 Å². The smallest absolute Gasteiger partial charge is 0.276 e. The molecule has 0 saturated carbocycles. The number of benzene rings is 1. The predicted octanol–water partition coefficient (Wildman–Crippen LogP) is 2.15. The molecule has 1 aromatic heterocycles. The summed E-state index contributed by atoms with van der Waals surface area (Å²) in [4.78, 5) is 22.0. The minimum atomic E-state index is -0.402. The average Bonchev–Trinajstić information content (AvgIpc) is 2.71. The maximum absolute atomic E-state index is 12.9. The van der Waals surface area contributed by atoms with Crippen molar-refractivity contribution in [3.8, 4) is 0 Å². The summed E-state index contributed by atoms with van der Waals surface area (Å²) in [6.45, 7) is 2.18. The molecule has 2 aliphatic rings. The van der Waals surface area contributed by atoms with Gasteiger partial charge in [0.05, 0.1) is 5.36 Å². The Bertz CT molecular complexity index is 989. The number of pyridine rings is 1. The molecule has 1 amide bonds. The van der Waals surface area contributed by atoms with E-state index in [1.807, 2.05) is 36.4 Å². The second-order valence-corrected chi connectivity index (χ2v) is 7.50. The first kappa shape index (κ1) is 17.7. The number of rotatable bonds is 5. The van der Waals surface area contributed by atoms with Gasteiger partial charge in [-0.15, -0.1) is 5.10 Å². The largest absolute Gasteiger partial charge is 0.298 e. The predicted molar refractivity (Wildman–Crippen MR) is 107 cm³/mol. The summed E-state index contributed by atoms with van der Waals surface area (Å²) < 4.78 is 0. The Morgan fingerprint density at radius 2 is 2.07 bits per heavy atom. The molecule has 0 bridgehead atoms. The minimum Gasteiger partial charge on any atom is -0.298 e. The molecule has 138 valence electrons. The fraction of sp³-hybridized carbons (Fsp3) is 0.300. The molecule has 0 spiro atoms. The van der Waals surface area contributed by atoms with Crippen molar-refractivity contribution in [1.29, 1.82) is 0 Å². The van der Waals surface area contributed by atoms with Crippen molar-refractivity contribution in [2.45, 2.75) is 32.4 Å². The number of hydrogen-bond acceptors (Lipinski definition) is 6. The van der Waals surface area contributed by atoms with E-state index in [-0.39, 0.29) is 5.91 Å². The lowest BCUT2D eigenvalue weighted by molar-refractivity contribution is -0.116. The maximum atomic E-state index is 12.9. The molecule has 1 N–H and O–H groups in total. The van der Waals surface area contributed by atoms with E-state index in [1.165, 1.54) is 12.8 Å². The normalized spacial score (nSPS) is 18.2. The van der Waals surface area contributed by atoms with Crippen LogP contribution in [0.1, 0.15) is 37.9 Å². The van der Waals surface area contributed by atoms with E-state index in [0.29, 0.717) is 10.9 Å². The zero-order valence-corrected chi connectivity index (χ0v) is 15.9. The van der Waals surface area contributed by atoms with Crippen LogP contribution < -0.4 is 15.9 Å². The Morgan fingerprint density at radius 1 is 1.19 bits per heavy atom. The molecular formula is C20H21N5OS. The summed E-state index contributed by atoms with van der Waals surface area (Å²) in [6, 6.07) is 11.5. The van der Waals surface area contributed by atoms with E-state index in [2.05, 4.69) is 17.2 Å². The van der Waals surface area contributed by atoms with Gasteiger partial charge in [0.15, 0.2) is 11.3 Å². The topological polar surface area (TPSA) is 70.0 Å². The molecule has 4 rings (SSSR count). The summed E-state index contributed by atoms with van der Waals surface area (Å²) in [5, 5.41) is 11.6. The fourth-order valence-electron chi connectivity index (χ4n) is 3.16. The number of unbranched alkanes of at least 4 members (excludes halogenated alkanes) is 2. The van der Waals surface area contributed by atoms with Crippen LogP contribution in [0.3, 0.4) is 0 Å². The SMILES string of the molecule is CCCCCSC1=NN2C(=c3ccccc3=N[C@H]2c2cccnc2)C(=O)N1. The third kappa shape index (κ3) is 3.60. The zero-order valence-electron chi connectivity index (χ0n) is 15.1. The van der Waals surface area contributed by atoms with E-state index < -0.39 is 6.17 Å². The number of amides is 1. The zero-order chi connectivity index (χ0) is 18.6.